The minimum absolute atomic E-state index is 0. The van der Waals surface area contributed by atoms with Crippen LogP contribution < -0.4 is 11.1 Å². The third-order valence-electron chi connectivity index (χ3n) is 4.11. The molecule has 2 aromatic rings. The zero-order valence-corrected chi connectivity index (χ0v) is 13.8. The van der Waals surface area contributed by atoms with Crippen molar-refractivity contribution in [1.29, 1.82) is 0 Å². The Morgan fingerprint density at radius 2 is 2.09 bits per heavy atom. The average Bonchev–Trinajstić information content (AvgIpc) is 3.17. The summed E-state index contributed by atoms with van der Waals surface area (Å²) in [6, 6.07) is 9.20. The predicted octanol–water partition coefficient (Wildman–Crippen LogP) is 2.46. The molecule has 1 aromatic heterocycles. The summed E-state index contributed by atoms with van der Waals surface area (Å²) in [6.07, 6.45) is 2.77. The molecule has 0 aliphatic heterocycles. The van der Waals surface area contributed by atoms with Gasteiger partial charge in [-0.1, -0.05) is 29.8 Å². The highest BCUT2D eigenvalue weighted by atomic mass is 35.5. The number of carbonyl (C=O) groups is 1. The molecule has 1 fully saturated rings. The summed E-state index contributed by atoms with van der Waals surface area (Å²) < 4.78 is 5.26. The molecule has 3 N–H and O–H groups in total. The van der Waals surface area contributed by atoms with Crippen LogP contribution in [0, 0.1) is 5.92 Å². The summed E-state index contributed by atoms with van der Waals surface area (Å²) in [5.74, 6) is 0.791. The van der Waals surface area contributed by atoms with E-state index in [2.05, 4.69) is 15.5 Å². The van der Waals surface area contributed by atoms with Crippen LogP contribution >= 0.6 is 12.4 Å². The van der Waals surface area contributed by atoms with E-state index in [0.717, 1.165) is 24.8 Å². The topological polar surface area (TPSA) is 94.0 Å². The molecule has 0 bridgehead atoms. The minimum atomic E-state index is -0.304. The van der Waals surface area contributed by atoms with Gasteiger partial charge in [0.25, 0.3) is 5.89 Å². The van der Waals surface area contributed by atoms with Crippen LogP contribution in [0.4, 0.5) is 0 Å². The van der Waals surface area contributed by atoms with Crippen molar-refractivity contribution in [3.63, 3.8) is 0 Å². The first kappa shape index (κ1) is 17.4. The molecule has 7 heteroatoms. The van der Waals surface area contributed by atoms with Crippen LogP contribution in [0.1, 0.15) is 38.1 Å². The van der Waals surface area contributed by atoms with Crippen LogP contribution in [0.15, 0.2) is 34.9 Å². The molecule has 1 saturated carbocycles. The lowest BCUT2D eigenvalue weighted by Gasteiger charge is -2.17. The fourth-order valence-corrected chi connectivity index (χ4v) is 2.81. The lowest BCUT2D eigenvalue weighted by molar-refractivity contribution is -0.125. The maximum absolute atomic E-state index is 12.2. The van der Waals surface area contributed by atoms with Gasteiger partial charge >= 0.3 is 0 Å². The number of carbonyl (C=O) groups excluding carboxylic acids is 1. The summed E-state index contributed by atoms with van der Waals surface area (Å²) in [4.78, 5) is 16.6. The Morgan fingerprint density at radius 3 is 2.74 bits per heavy atom. The van der Waals surface area contributed by atoms with E-state index in [4.69, 9.17) is 10.3 Å². The first-order chi connectivity index (χ1) is 10.6. The predicted molar refractivity (Wildman–Crippen MR) is 88.9 cm³/mol. The van der Waals surface area contributed by atoms with E-state index in [0.29, 0.717) is 11.7 Å². The molecular weight excluding hydrogens is 316 g/mol. The van der Waals surface area contributed by atoms with E-state index in [1.54, 1.807) is 0 Å². The Hall–Kier alpha value is -1.92. The highest BCUT2D eigenvalue weighted by Crippen LogP contribution is 2.25. The second-order valence-electron chi connectivity index (χ2n) is 5.76. The van der Waals surface area contributed by atoms with Gasteiger partial charge in [0.15, 0.2) is 5.82 Å². The summed E-state index contributed by atoms with van der Waals surface area (Å²) in [5, 5.41) is 6.89. The molecule has 0 saturated heterocycles. The molecule has 1 aliphatic carbocycles. The van der Waals surface area contributed by atoms with E-state index in [1.807, 2.05) is 37.3 Å². The largest absolute Gasteiger partial charge is 0.346 e. The fraction of sp³-hybridized carbons (Fsp3) is 0.438. The van der Waals surface area contributed by atoms with E-state index >= 15 is 0 Å². The van der Waals surface area contributed by atoms with E-state index < -0.39 is 0 Å². The fourth-order valence-electron chi connectivity index (χ4n) is 2.81. The molecule has 1 amide bonds. The van der Waals surface area contributed by atoms with Crippen LogP contribution in [-0.2, 0) is 4.79 Å². The number of rotatable bonds is 4. The second-order valence-corrected chi connectivity index (χ2v) is 5.76. The number of aromatic nitrogens is 2. The summed E-state index contributed by atoms with van der Waals surface area (Å²) in [5.41, 5.74) is 6.82. The summed E-state index contributed by atoms with van der Waals surface area (Å²) in [7, 11) is 0. The highest BCUT2D eigenvalue weighted by Gasteiger charge is 2.31. The minimum Gasteiger partial charge on any atom is -0.346 e. The number of hydrogen-bond donors (Lipinski definition) is 2. The van der Waals surface area contributed by atoms with E-state index in [-0.39, 0.29) is 36.3 Å². The molecule has 6 nitrogen and oxygen atoms in total. The van der Waals surface area contributed by atoms with Gasteiger partial charge < -0.3 is 15.6 Å². The monoisotopic (exact) mass is 336 g/mol. The van der Waals surface area contributed by atoms with Crippen LogP contribution in [-0.4, -0.2) is 22.1 Å². The van der Waals surface area contributed by atoms with Gasteiger partial charge in [0.2, 0.25) is 5.91 Å². The van der Waals surface area contributed by atoms with Crippen molar-refractivity contribution in [3.8, 4) is 11.5 Å². The van der Waals surface area contributed by atoms with Crippen molar-refractivity contribution in [3.05, 3.63) is 36.2 Å². The van der Waals surface area contributed by atoms with E-state index in [9.17, 15) is 4.79 Å². The molecule has 3 atom stereocenters. The number of halogens is 1. The lowest BCUT2D eigenvalue weighted by atomic mass is 10.0. The van der Waals surface area contributed by atoms with Crippen LogP contribution in [0.3, 0.4) is 0 Å². The van der Waals surface area contributed by atoms with E-state index in [1.165, 1.54) is 0 Å². The molecule has 0 spiro atoms. The SMILES string of the molecule is CC(NC(=O)C1CCCC1N)c1noc(-c2ccccc2)n1.Cl. The standard InChI is InChI=1S/C16H20N4O2.ClH/c1-10(18-15(21)12-8-5-9-13(12)17)14-19-16(22-20-14)11-6-3-2-4-7-11;/h2-4,6-7,10,12-13H,5,8-9,17H2,1H3,(H,18,21);1H. The number of nitrogens with one attached hydrogen (secondary N) is 1. The summed E-state index contributed by atoms with van der Waals surface area (Å²) >= 11 is 0. The van der Waals surface area contributed by atoms with Crippen molar-refractivity contribution in [2.75, 3.05) is 0 Å². The van der Waals surface area contributed by atoms with Crippen molar-refractivity contribution in [2.45, 2.75) is 38.3 Å². The van der Waals surface area contributed by atoms with Gasteiger partial charge in [-0.25, -0.2) is 0 Å². The number of amides is 1. The first-order valence-electron chi connectivity index (χ1n) is 7.60. The quantitative estimate of drug-likeness (QED) is 0.894. The Balaban J connectivity index is 0.00000192. The summed E-state index contributed by atoms with van der Waals surface area (Å²) in [6.45, 7) is 1.85. The lowest BCUT2D eigenvalue weighted by Crippen LogP contribution is -2.39. The maximum atomic E-state index is 12.2. The number of nitrogens with zero attached hydrogens (tertiary/aromatic N) is 2. The van der Waals surface area contributed by atoms with Crippen molar-refractivity contribution >= 4 is 18.3 Å². The Morgan fingerprint density at radius 1 is 1.35 bits per heavy atom. The molecule has 1 aromatic carbocycles. The maximum Gasteiger partial charge on any atom is 0.257 e. The molecule has 3 rings (SSSR count). The third-order valence-corrected chi connectivity index (χ3v) is 4.11. The van der Waals surface area contributed by atoms with Gasteiger partial charge in [-0.2, -0.15) is 4.98 Å². The van der Waals surface area contributed by atoms with Crippen molar-refractivity contribution in [1.82, 2.24) is 15.5 Å². The molecule has 1 heterocycles. The normalized spacial score (nSPS) is 21.5. The Bertz CT molecular complexity index is 647. The van der Waals surface area contributed by atoms with Gasteiger partial charge in [-0.3, -0.25) is 4.79 Å². The number of hydrogen-bond acceptors (Lipinski definition) is 5. The van der Waals surface area contributed by atoms with Gasteiger partial charge in [-0.15, -0.1) is 12.4 Å². The van der Waals surface area contributed by atoms with Gasteiger partial charge in [0.05, 0.1) is 12.0 Å². The smallest absolute Gasteiger partial charge is 0.257 e. The zero-order valence-electron chi connectivity index (χ0n) is 12.9. The number of nitrogens with two attached hydrogens (primary N) is 1. The van der Waals surface area contributed by atoms with Crippen LogP contribution in [0.2, 0.25) is 0 Å². The average molecular weight is 337 g/mol. The highest BCUT2D eigenvalue weighted by molar-refractivity contribution is 5.85. The van der Waals surface area contributed by atoms with Gasteiger partial charge in [0, 0.05) is 11.6 Å². The zero-order chi connectivity index (χ0) is 15.5. The van der Waals surface area contributed by atoms with Crippen LogP contribution in [0.5, 0.6) is 0 Å². The molecule has 1 aliphatic rings. The molecular formula is C16H21ClN4O2. The van der Waals surface area contributed by atoms with Gasteiger partial charge in [0.1, 0.15) is 0 Å². The van der Waals surface area contributed by atoms with Crippen molar-refractivity contribution < 1.29 is 9.32 Å². The Kier molecular flexibility index (Phi) is 5.74. The van der Waals surface area contributed by atoms with Gasteiger partial charge in [-0.05, 0) is 31.9 Å². The van der Waals surface area contributed by atoms with Crippen LogP contribution in [0.25, 0.3) is 11.5 Å². The molecule has 124 valence electrons. The molecule has 0 radical (unpaired) electrons. The third kappa shape index (κ3) is 3.89. The molecule has 23 heavy (non-hydrogen) atoms. The Labute approximate surface area is 141 Å². The number of benzene rings is 1. The second kappa shape index (κ2) is 7.57. The molecule has 3 unspecified atom stereocenters. The van der Waals surface area contributed by atoms with Crippen molar-refractivity contribution in [2.24, 2.45) is 11.7 Å². The first-order valence-corrected chi connectivity index (χ1v) is 7.60.